The quantitative estimate of drug-likeness (QED) is 0.133. The highest BCUT2D eigenvalue weighted by atomic mass is 15.2. The molecule has 30 rings (SSSR count). The van der Waals surface area contributed by atoms with Crippen molar-refractivity contribution in [2.45, 2.75) is 6.92 Å². The van der Waals surface area contributed by atoms with Crippen LogP contribution in [0.3, 0.4) is 0 Å². The van der Waals surface area contributed by atoms with E-state index in [4.69, 9.17) is 0 Å². The summed E-state index contributed by atoms with van der Waals surface area (Å²) in [7, 11) is 0. The maximum absolute atomic E-state index is 2.62. The molecule has 0 N–H and O–H groups in total. The molecule has 0 amide bonds. The molecule has 6 nitrogen and oxygen atoms in total. The topological polar surface area (TPSA) is 19.4 Å². The minimum atomic E-state index is 0.0485. The Balaban J connectivity index is 0.000000102. The van der Waals surface area contributed by atoms with Gasteiger partial charge in [-0.1, -0.05) is 370 Å². The molecule has 0 aromatic heterocycles. The van der Waals surface area contributed by atoms with E-state index < -0.39 is 0 Å². The van der Waals surface area contributed by atoms with Gasteiger partial charge in [0.15, 0.2) is 0 Å². The first-order valence-electron chi connectivity index (χ1n) is 47.4. The van der Waals surface area contributed by atoms with Crippen LogP contribution in [0.15, 0.2) is 485 Å². The lowest BCUT2D eigenvalue weighted by atomic mass is 9.41. The lowest BCUT2D eigenvalue weighted by Gasteiger charge is -2.49. The Kier molecular flexibility index (Phi) is 17.6. The average molecular weight is 1730 g/mol. The molecule has 9 heteroatoms. The van der Waals surface area contributed by atoms with Gasteiger partial charge < -0.3 is 29.1 Å². The van der Waals surface area contributed by atoms with Crippen molar-refractivity contribution in [3.8, 4) is 134 Å². The molecule has 21 aromatic rings. The van der Waals surface area contributed by atoms with Crippen LogP contribution in [0, 0.1) is 6.92 Å². The molecule has 9 aliphatic rings. The van der Waals surface area contributed by atoms with Crippen molar-refractivity contribution in [2.24, 2.45) is 0 Å². The molecule has 136 heavy (non-hydrogen) atoms. The Labute approximate surface area is 793 Å². The number of anilines is 15. The minimum absolute atomic E-state index is 0.0485. The smallest absolute Gasteiger partial charge is 0.333 e. The van der Waals surface area contributed by atoms with E-state index in [0.29, 0.717) is 0 Å². The maximum Gasteiger partial charge on any atom is 0.333 e. The maximum atomic E-state index is 2.62. The van der Waals surface area contributed by atoms with Gasteiger partial charge >= 0.3 is 20.5 Å². The fourth-order valence-electron chi connectivity index (χ4n) is 24.0. The summed E-state index contributed by atoms with van der Waals surface area (Å²) in [6.07, 6.45) is 0. The molecule has 0 saturated carbocycles. The second-order valence-electron chi connectivity index (χ2n) is 36.8. The van der Waals surface area contributed by atoms with Gasteiger partial charge in [-0.05, 0) is 250 Å². The van der Waals surface area contributed by atoms with Gasteiger partial charge in [0.1, 0.15) is 0 Å². The van der Waals surface area contributed by atoms with Crippen molar-refractivity contribution in [1.29, 1.82) is 0 Å². The van der Waals surface area contributed by atoms with Crippen LogP contribution in [0.5, 0.6) is 0 Å². The summed E-state index contributed by atoms with van der Waals surface area (Å²) in [5, 5.41) is 0. The second-order valence-corrected chi connectivity index (χ2v) is 36.8. The van der Waals surface area contributed by atoms with Crippen LogP contribution in [-0.2, 0) is 0 Å². The zero-order valence-corrected chi connectivity index (χ0v) is 74.6. The second kappa shape index (κ2) is 30.9. The average Bonchev–Trinajstić information content (AvgIpc) is 0.696. The van der Waals surface area contributed by atoms with Crippen molar-refractivity contribution in [3.63, 3.8) is 0 Å². The summed E-state index contributed by atoms with van der Waals surface area (Å²) < 4.78 is 0. The molecule has 0 radical (unpaired) electrons. The Morgan fingerprint density at radius 1 is 0.132 bits per heavy atom. The van der Waals surface area contributed by atoms with Gasteiger partial charge in [0.25, 0.3) is 0 Å². The molecule has 0 saturated heterocycles. The number of hydrogen-bond donors (Lipinski definition) is 0. The third-order valence-electron chi connectivity index (χ3n) is 29.6. The van der Waals surface area contributed by atoms with Crippen molar-refractivity contribution in [1.82, 2.24) is 0 Å². The monoisotopic (exact) mass is 1720 g/mol. The zero-order chi connectivity index (χ0) is 89.3. The van der Waals surface area contributed by atoms with Gasteiger partial charge in [0, 0.05) is 118 Å². The number of nitrogens with zero attached hydrogens (tertiary/aromatic N) is 6. The normalized spacial score (nSPS) is 13.2. The predicted molar refractivity (Wildman–Crippen MR) is 575 cm³/mol. The van der Waals surface area contributed by atoms with Gasteiger partial charge in [0.05, 0.1) is 11.4 Å². The standard InChI is InChI=1S/C48H31BN2.C42H27BN2.C37H25BN2/c1-4-14-32(15-5-1)35-26-28-42(40(30-35)34-18-8-3-9-19-34)50-45-24-12-21-38-37-20-10-11-23-43(37)51-44-29-27-36(33-16-6-2-7-17-33)31-41(44)39-22-13-25-46(50)48(39)49(51)47(38)45;1-3-13-28(14-4-1)30-25-26-38-35(27-30)34-20-12-24-40-42(34)43-41-33(32-18-8-10-22-37(32)45(38)43)19-11-23-39(41)44(40)36-21-9-7-17-31(36)29-15-5-2-6-16-29;1-24-20-21-33-31(22-24)30-16-9-19-35-37(30)38-36-29(28-14-5-6-17-32(28)40(33)38)15-8-18-34(36)39(35)27-13-7-12-26(23-27)25-10-3-2-4-11-25/h1-31H;1-27H;2-23H,1H3. The highest BCUT2D eigenvalue weighted by Crippen LogP contribution is 2.58. The summed E-state index contributed by atoms with van der Waals surface area (Å²) >= 11 is 0. The van der Waals surface area contributed by atoms with Crippen LogP contribution in [-0.4, -0.2) is 20.5 Å². The van der Waals surface area contributed by atoms with Crippen LogP contribution in [0.25, 0.3) is 134 Å². The van der Waals surface area contributed by atoms with Crippen LogP contribution < -0.4 is 61.9 Å². The van der Waals surface area contributed by atoms with Gasteiger partial charge in [0.2, 0.25) is 0 Å². The van der Waals surface area contributed by atoms with E-state index in [1.165, 1.54) is 257 Å². The van der Waals surface area contributed by atoms with E-state index >= 15 is 0 Å². The van der Waals surface area contributed by atoms with Crippen LogP contribution >= 0.6 is 0 Å². The molecular weight excluding hydrogens is 1640 g/mol. The van der Waals surface area contributed by atoms with Crippen molar-refractivity contribution in [2.75, 3.05) is 29.1 Å². The molecule has 0 bridgehead atoms. The van der Waals surface area contributed by atoms with Crippen molar-refractivity contribution in [3.05, 3.63) is 491 Å². The number of hydrogen-bond acceptors (Lipinski definition) is 6. The number of aryl methyl sites for hydroxylation is 1. The summed E-state index contributed by atoms with van der Waals surface area (Å²) in [6, 6.07) is 178. The minimum Gasteiger partial charge on any atom is -0.376 e. The van der Waals surface area contributed by atoms with E-state index in [1.807, 2.05) is 0 Å². The first kappa shape index (κ1) is 77.4. The number of benzene rings is 21. The van der Waals surface area contributed by atoms with E-state index in [1.54, 1.807) is 0 Å². The number of para-hydroxylation sites is 4. The molecule has 0 unspecified atom stereocenters. The van der Waals surface area contributed by atoms with E-state index in [9.17, 15) is 0 Å². The molecular formula is C127H83B3N6. The van der Waals surface area contributed by atoms with Gasteiger partial charge in [-0.15, -0.1) is 0 Å². The van der Waals surface area contributed by atoms with Gasteiger partial charge in [-0.3, -0.25) is 0 Å². The third-order valence-corrected chi connectivity index (χ3v) is 29.6. The van der Waals surface area contributed by atoms with E-state index in [-0.39, 0.29) is 20.5 Å². The Morgan fingerprint density at radius 2 is 0.360 bits per heavy atom. The predicted octanol–water partition coefficient (Wildman–Crippen LogP) is 29.4. The van der Waals surface area contributed by atoms with Crippen molar-refractivity contribution >= 4 is 139 Å². The fourth-order valence-corrected chi connectivity index (χ4v) is 24.0. The number of rotatable bonds is 9. The lowest BCUT2D eigenvalue weighted by molar-refractivity contribution is 1.26. The highest BCUT2D eigenvalue weighted by molar-refractivity contribution is 6.97. The fraction of sp³-hybridized carbons (Fsp3) is 0.00787. The van der Waals surface area contributed by atoms with E-state index in [0.717, 1.165) is 0 Å². The molecule has 9 aliphatic heterocycles. The largest absolute Gasteiger partial charge is 0.376 e. The Bertz CT molecular complexity index is 8500. The highest BCUT2D eigenvalue weighted by Gasteiger charge is 2.53. The molecule has 0 aliphatic carbocycles. The van der Waals surface area contributed by atoms with Crippen LogP contribution in [0.1, 0.15) is 5.56 Å². The SMILES string of the molecule is Cc1ccc2c(c1)-c1cccc3c1B1c4c(cccc4N3c3cccc(-c4ccccc4)c3)-c3ccccc3N12.c1ccc(-c2ccc3c(c2)-c2cccc4c2B2c5c(cccc5N4c4ccc(-c5ccccc5)cc4-c4ccccc4)-c4ccccc4N23)cc1.c1ccc(-c2ccc3c(c2)-c2cccc4c2B2c5c(cccc5N4c4ccccc4-c4ccccc4)-c4ccccc4N23)cc1. The van der Waals surface area contributed by atoms with Crippen LogP contribution in [0.4, 0.5) is 85.3 Å². The van der Waals surface area contributed by atoms with Gasteiger partial charge in [-0.25, -0.2) is 0 Å². The summed E-state index contributed by atoms with van der Waals surface area (Å²) in [5.41, 5.74) is 58.4. The van der Waals surface area contributed by atoms with E-state index in [2.05, 4.69) is 521 Å². The molecule has 21 aromatic carbocycles. The third kappa shape index (κ3) is 11.7. The van der Waals surface area contributed by atoms with Gasteiger partial charge in [-0.2, -0.15) is 0 Å². The van der Waals surface area contributed by atoms with Crippen LogP contribution in [0.2, 0.25) is 0 Å². The molecule has 0 fully saturated rings. The lowest BCUT2D eigenvalue weighted by Crippen LogP contribution is -2.63. The first-order chi connectivity index (χ1) is 67.5. The first-order valence-corrected chi connectivity index (χ1v) is 47.4. The summed E-state index contributed by atoms with van der Waals surface area (Å²) in [5.74, 6) is 0. The zero-order valence-electron chi connectivity index (χ0n) is 74.6. The molecule has 630 valence electrons. The Hall–Kier alpha value is -17.4. The summed E-state index contributed by atoms with van der Waals surface area (Å²) in [4.78, 5) is 15.4. The van der Waals surface area contributed by atoms with Crippen molar-refractivity contribution < 1.29 is 0 Å². The Morgan fingerprint density at radius 3 is 0.728 bits per heavy atom. The molecule has 0 spiro atoms. The summed E-state index contributed by atoms with van der Waals surface area (Å²) in [6.45, 7) is 2.44. The molecule has 0 atom stereocenters. The molecule has 9 heterocycles. The number of fused-ring (bicyclic) bond motifs is 18.